The second-order valence-corrected chi connectivity index (χ2v) is 11.0. The van der Waals surface area contributed by atoms with Gasteiger partial charge in [0.2, 0.25) is 5.91 Å². The van der Waals surface area contributed by atoms with Crippen molar-refractivity contribution in [3.8, 4) is 22.4 Å². The zero-order chi connectivity index (χ0) is 31.4. The van der Waals surface area contributed by atoms with Crippen LogP contribution in [0.3, 0.4) is 0 Å². The summed E-state index contributed by atoms with van der Waals surface area (Å²) in [4.78, 5) is 55.3. The Bertz CT molecular complexity index is 1500. The third-order valence-corrected chi connectivity index (χ3v) is 7.71. The first-order valence-corrected chi connectivity index (χ1v) is 14.3. The topological polar surface area (TPSA) is 158 Å². The van der Waals surface area contributed by atoms with Crippen LogP contribution in [-0.4, -0.2) is 77.0 Å². The van der Waals surface area contributed by atoms with E-state index in [1.54, 1.807) is 44.3 Å². The van der Waals surface area contributed by atoms with Gasteiger partial charge in [0.05, 0.1) is 37.3 Å². The third-order valence-electron chi connectivity index (χ3n) is 7.71. The Morgan fingerprint density at radius 2 is 1.93 bits per heavy atom. The molecule has 5 rings (SSSR count). The van der Waals surface area contributed by atoms with E-state index in [9.17, 15) is 19.5 Å². The average molecular weight is 611 g/mol. The van der Waals surface area contributed by atoms with Gasteiger partial charge in [-0.05, 0) is 42.0 Å². The van der Waals surface area contributed by atoms with Gasteiger partial charge in [-0.2, -0.15) is 0 Å². The Kier molecular flexibility index (Phi) is 9.30. The molecule has 3 amide bonds. The predicted molar refractivity (Wildman–Crippen MR) is 157 cm³/mol. The number of hydrogen-bond donors (Lipinski definition) is 4. The molecule has 2 aliphatic rings. The van der Waals surface area contributed by atoms with Crippen LogP contribution in [-0.2, 0) is 19.4 Å². The number of nitrogens with one attached hydrogen (secondary N) is 3. The fraction of sp³-hybridized carbons (Fsp3) is 0.400. The monoisotopic (exact) mass is 610 g/mol. The zero-order valence-electron chi connectivity index (χ0n) is 24.6. The molecule has 0 radical (unpaired) electrons. The molecular weight excluding hydrogens is 575 g/mol. The van der Waals surface area contributed by atoms with Crippen LogP contribution < -0.4 is 15.7 Å². The number of anilines is 1. The number of benzene rings is 2. The number of likely N-dealkylation sites (tertiary alicyclic amines) is 1. The molecule has 14 heteroatoms. The van der Waals surface area contributed by atoms with E-state index in [0.717, 1.165) is 17.7 Å². The van der Waals surface area contributed by atoms with Crippen molar-refractivity contribution in [1.29, 1.82) is 0 Å². The van der Waals surface area contributed by atoms with E-state index in [0.29, 0.717) is 35.6 Å². The van der Waals surface area contributed by atoms with Crippen LogP contribution in [0.4, 0.5) is 19.7 Å². The first-order chi connectivity index (χ1) is 21.1. The number of hydrogen-bond acceptors (Lipinski definition) is 8. The maximum absolute atomic E-state index is 15.2. The Hall–Kier alpha value is -4.69. The molecule has 2 fully saturated rings. The molecule has 13 nitrogen and oxygen atoms in total. The number of H-pyrrole nitrogens is 1. The summed E-state index contributed by atoms with van der Waals surface area (Å²) in [5.74, 6) is -0.405. The van der Waals surface area contributed by atoms with Crippen LogP contribution >= 0.6 is 0 Å². The summed E-state index contributed by atoms with van der Waals surface area (Å²) in [7, 11) is 1.22. The van der Waals surface area contributed by atoms with Gasteiger partial charge in [-0.25, -0.2) is 28.9 Å². The van der Waals surface area contributed by atoms with Crippen molar-refractivity contribution >= 4 is 23.8 Å². The smallest absolute Gasteiger partial charge is 0.407 e. The lowest BCUT2D eigenvalue weighted by Crippen LogP contribution is -2.51. The van der Waals surface area contributed by atoms with Gasteiger partial charge in [0.15, 0.2) is 0 Å². The predicted octanol–water partition coefficient (Wildman–Crippen LogP) is 4.25. The van der Waals surface area contributed by atoms with E-state index >= 15 is 4.39 Å². The fourth-order valence-electron chi connectivity index (χ4n) is 5.31. The number of amides is 3. The summed E-state index contributed by atoms with van der Waals surface area (Å²) < 4.78 is 19.8. The minimum absolute atomic E-state index is 0.116. The Balaban J connectivity index is 1.18. The van der Waals surface area contributed by atoms with Gasteiger partial charge in [-0.3, -0.25) is 9.69 Å². The second-order valence-electron chi connectivity index (χ2n) is 11.0. The molecule has 44 heavy (non-hydrogen) atoms. The number of aromatic nitrogens is 2. The standard InChI is InChI=1S/C30H35FN6O7/c1-17(2)26(35-29(39)42-3)28(38)33-14-21-16-37(44-43-21)20-10-11-22(23(31)13-20)18-6-8-19(9-7-18)24-15-32-27(34-24)25-5-4-12-36(25)30(40)41/h6-11,13,15,17,21,25-26H,4-5,12,14,16H2,1-3H3,(H,32,34)(H,33,38)(H,35,39)(H,40,41). The number of carbonyl (C=O) groups is 3. The first-order valence-electron chi connectivity index (χ1n) is 14.3. The molecule has 0 aliphatic carbocycles. The molecule has 234 valence electrons. The van der Waals surface area contributed by atoms with Crippen molar-refractivity contribution in [3.05, 3.63) is 60.3 Å². The van der Waals surface area contributed by atoms with Gasteiger partial charge in [0.1, 0.15) is 23.8 Å². The number of imidazole rings is 1. The molecule has 0 saturated carbocycles. The van der Waals surface area contributed by atoms with Gasteiger partial charge < -0.3 is 25.5 Å². The quantitative estimate of drug-likeness (QED) is 0.260. The maximum Gasteiger partial charge on any atom is 0.407 e. The summed E-state index contributed by atoms with van der Waals surface area (Å²) in [5, 5.41) is 16.1. The average Bonchev–Trinajstić information content (AvgIpc) is 3.79. The highest BCUT2D eigenvalue weighted by molar-refractivity contribution is 5.85. The number of methoxy groups -OCH3 is 1. The molecule has 3 aromatic rings. The molecular formula is C30H35FN6O7. The maximum atomic E-state index is 15.2. The van der Waals surface area contributed by atoms with Gasteiger partial charge in [0.25, 0.3) is 0 Å². The lowest BCUT2D eigenvalue weighted by atomic mass is 10.0. The van der Waals surface area contributed by atoms with Crippen LogP contribution in [0.2, 0.25) is 0 Å². The van der Waals surface area contributed by atoms with Crippen LogP contribution in [0.15, 0.2) is 48.7 Å². The van der Waals surface area contributed by atoms with E-state index in [2.05, 4.69) is 25.3 Å². The first kappa shape index (κ1) is 30.8. The molecule has 3 atom stereocenters. The Morgan fingerprint density at radius 3 is 2.61 bits per heavy atom. The SMILES string of the molecule is COC(=O)NC(C(=O)NCC1CN(c2ccc(-c3ccc(-c4cnc(C5CCCN5C(=O)O)[nH]4)cc3)c(F)c2)OO1)C(C)C. The molecule has 2 saturated heterocycles. The summed E-state index contributed by atoms with van der Waals surface area (Å²) in [6, 6.07) is 11.0. The Morgan fingerprint density at radius 1 is 1.18 bits per heavy atom. The van der Waals surface area contributed by atoms with Crippen molar-refractivity contribution in [2.24, 2.45) is 5.92 Å². The number of hydroxylamine groups is 1. The lowest BCUT2D eigenvalue weighted by molar-refractivity contribution is -0.281. The molecule has 3 unspecified atom stereocenters. The number of halogens is 1. The number of aromatic amines is 1. The van der Waals surface area contributed by atoms with Gasteiger partial charge in [-0.15, -0.1) is 4.99 Å². The molecule has 2 aliphatic heterocycles. The number of ether oxygens (including phenoxy) is 1. The van der Waals surface area contributed by atoms with Crippen molar-refractivity contribution in [2.45, 2.75) is 44.9 Å². The number of alkyl carbamates (subject to hydrolysis) is 1. The van der Waals surface area contributed by atoms with Gasteiger partial charge >= 0.3 is 12.2 Å². The number of carbonyl (C=O) groups excluding carboxylic acids is 2. The van der Waals surface area contributed by atoms with Crippen LogP contribution in [0.5, 0.6) is 0 Å². The third kappa shape index (κ3) is 6.76. The van der Waals surface area contributed by atoms with E-state index in [4.69, 9.17) is 9.88 Å². The van der Waals surface area contributed by atoms with Crippen LogP contribution in [0.25, 0.3) is 22.4 Å². The van der Waals surface area contributed by atoms with E-state index in [-0.39, 0.29) is 31.0 Å². The number of nitrogens with zero attached hydrogens (tertiary/aromatic N) is 3. The fourth-order valence-corrected chi connectivity index (χ4v) is 5.31. The highest BCUT2D eigenvalue weighted by Gasteiger charge is 2.32. The summed E-state index contributed by atoms with van der Waals surface area (Å²) >= 11 is 0. The molecule has 2 aromatic carbocycles. The van der Waals surface area contributed by atoms with Crippen LogP contribution in [0, 0.1) is 11.7 Å². The van der Waals surface area contributed by atoms with Gasteiger partial charge in [-0.1, -0.05) is 38.1 Å². The summed E-state index contributed by atoms with van der Waals surface area (Å²) in [6.45, 7) is 4.44. The van der Waals surface area contributed by atoms with Crippen LogP contribution in [0.1, 0.15) is 38.6 Å². The largest absolute Gasteiger partial charge is 0.465 e. The highest BCUT2D eigenvalue weighted by Crippen LogP contribution is 2.33. The summed E-state index contributed by atoms with van der Waals surface area (Å²) in [5.41, 5.74) is 3.10. The number of carboxylic acid groups (broad SMARTS) is 1. The van der Waals surface area contributed by atoms with Crippen molar-refractivity contribution < 1.29 is 38.5 Å². The zero-order valence-corrected chi connectivity index (χ0v) is 24.6. The molecule has 3 heterocycles. The van der Waals surface area contributed by atoms with E-state index in [1.165, 1.54) is 23.1 Å². The van der Waals surface area contributed by atoms with Crippen molar-refractivity contribution in [2.75, 3.05) is 31.8 Å². The molecule has 0 spiro atoms. The highest BCUT2D eigenvalue weighted by atomic mass is 19.1. The minimum Gasteiger partial charge on any atom is -0.465 e. The molecule has 0 bridgehead atoms. The normalized spacial score (nSPS) is 18.8. The molecule has 4 N–H and O–H groups in total. The van der Waals surface area contributed by atoms with Crippen molar-refractivity contribution in [1.82, 2.24) is 25.5 Å². The minimum atomic E-state index is -0.957. The van der Waals surface area contributed by atoms with E-state index in [1.807, 2.05) is 12.1 Å². The lowest BCUT2D eigenvalue weighted by Gasteiger charge is -2.21. The van der Waals surface area contributed by atoms with E-state index < -0.39 is 30.1 Å². The Labute approximate surface area is 253 Å². The second kappa shape index (κ2) is 13.3. The molecule has 1 aromatic heterocycles. The van der Waals surface area contributed by atoms with Crippen molar-refractivity contribution in [3.63, 3.8) is 0 Å². The van der Waals surface area contributed by atoms with Gasteiger partial charge in [0, 0.05) is 24.7 Å². The summed E-state index contributed by atoms with van der Waals surface area (Å²) in [6.07, 6.45) is 1.00. The number of rotatable bonds is 9.